The van der Waals surface area contributed by atoms with Crippen LogP contribution in [0.1, 0.15) is 0 Å². The molecule has 1 aliphatic heterocycles. The fraction of sp³-hybridized carbons (Fsp3) is 0.0476. The highest BCUT2D eigenvalue weighted by Gasteiger charge is 2.33. The summed E-state index contributed by atoms with van der Waals surface area (Å²) in [5.74, 6) is 0.943. The Labute approximate surface area is 150 Å². The molecule has 1 aliphatic rings. The topological polar surface area (TPSA) is 44.8 Å². The second-order valence-corrected chi connectivity index (χ2v) is 7.79. The summed E-state index contributed by atoms with van der Waals surface area (Å²) < 4.78 is 29.4. The quantitative estimate of drug-likeness (QED) is 0.379. The average molecular weight is 362 g/mol. The molecule has 0 aliphatic carbocycles. The summed E-state index contributed by atoms with van der Waals surface area (Å²) in [4.78, 5) is 0. The van der Waals surface area contributed by atoms with Crippen molar-refractivity contribution >= 4 is 29.4 Å². The smallest absolute Gasteiger partial charge is 0.395 e. The van der Waals surface area contributed by atoms with Gasteiger partial charge in [-0.3, -0.25) is 4.52 Å². The van der Waals surface area contributed by atoms with Gasteiger partial charge in [-0.2, -0.15) is 0 Å². The Balaban J connectivity index is 1.98. The highest BCUT2D eigenvalue weighted by atomic mass is 31.2. The van der Waals surface area contributed by atoms with Gasteiger partial charge in [0, 0.05) is 12.7 Å². The molecule has 0 saturated carbocycles. The van der Waals surface area contributed by atoms with Gasteiger partial charge in [-0.1, -0.05) is 54.6 Å². The Kier molecular flexibility index (Phi) is 3.33. The molecule has 26 heavy (non-hydrogen) atoms. The molecule has 2 bridgehead atoms. The summed E-state index contributed by atoms with van der Waals surface area (Å²) in [6.45, 7) is 0. The summed E-state index contributed by atoms with van der Waals surface area (Å²) in [6, 6.07) is 23.6. The molecule has 0 N–H and O–H groups in total. The monoisotopic (exact) mass is 362 g/mol. The Morgan fingerprint density at radius 2 is 1.54 bits per heavy atom. The van der Waals surface area contributed by atoms with Gasteiger partial charge in [0.15, 0.2) is 0 Å². The molecule has 1 atom stereocenters. The van der Waals surface area contributed by atoms with E-state index in [-0.39, 0.29) is 0 Å². The van der Waals surface area contributed by atoms with E-state index in [4.69, 9.17) is 13.6 Å². The SMILES string of the molecule is COP1(=O)Oc2cc(c3ccccc3c2)-c2c(ccc3ccccc23)O1. The van der Waals surface area contributed by atoms with Crippen molar-refractivity contribution in [2.45, 2.75) is 0 Å². The lowest BCUT2D eigenvalue weighted by molar-refractivity contribution is 0.250. The first-order valence-corrected chi connectivity index (χ1v) is 9.73. The van der Waals surface area contributed by atoms with Gasteiger partial charge >= 0.3 is 7.82 Å². The van der Waals surface area contributed by atoms with Crippen LogP contribution in [-0.4, -0.2) is 7.11 Å². The van der Waals surface area contributed by atoms with Crippen molar-refractivity contribution in [3.05, 3.63) is 72.8 Å². The van der Waals surface area contributed by atoms with Crippen LogP contribution in [0.15, 0.2) is 72.8 Å². The number of rotatable bonds is 1. The van der Waals surface area contributed by atoms with E-state index in [0.29, 0.717) is 11.5 Å². The highest BCUT2D eigenvalue weighted by molar-refractivity contribution is 7.49. The molecule has 0 amide bonds. The first-order chi connectivity index (χ1) is 12.7. The first kappa shape index (κ1) is 15.4. The Morgan fingerprint density at radius 1 is 0.808 bits per heavy atom. The summed E-state index contributed by atoms with van der Waals surface area (Å²) in [7, 11) is -2.44. The van der Waals surface area contributed by atoms with E-state index in [1.54, 1.807) is 0 Å². The van der Waals surface area contributed by atoms with Crippen LogP contribution in [0.3, 0.4) is 0 Å². The predicted molar refractivity (Wildman–Crippen MR) is 103 cm³/mol. The minimum Gasteiger partial charge on any atom is -0.395 e. The van der Waals surface area contributed by atoms with Gasteiger partial charge in [-0.05, 0) is 45.3 Å². The van der Waals surface area contributed by atoms with Crippen molar-refractivity contribution in [1.82, 2.24) is 0 Å². The van der Waals surface area contributed by atoms with Crippen molar-refractivity contribution in [3.63, 3.8) is 0 Å². The van der Waals surface area contributed by atoms with E-state index >= 15 is 0 Å². The Morgan fingerprint density at radius 3 is 2.35 bits per heavy atom. The number of benzene rings is 4. The molecule has 4 aromatic rings. The van der Waals surface area contributed by atoms with Crippen molar-refractivity contribution in [2.75, 3.05) is 7.11 Å². The molecule has 0 fully saturated rings. The standard InChI is InChI=1S/C21H15O4P/c1-23-26(22)24-16-12-15-7-3-4-8-17(15)19(13-16)21-18-9-5-2-6-14(18)10-11-20(21)25-26/h2-13H,1H3. The minimum atomic E-state index is -3.77. The zero-order valence-electron chi connectivity index (χ0n) is 14.0. The van der Waals surface area contributed by atoms with E-state index in [0.717, 1.165) is 32.7 Å². The molecule has 1 unspecified atom stereocenters. The molecule has 4 aromatic carbocycles. The number of hydrogen-bond acceptors (Lipinski definition) is 4. The van der Waals surface area contributed by atoms with Crippen LogP contribution in [-0.2, 0) is 9.09 Å². The molecular formula is C21H15O4P. The van der Waals surface area contributed by atoms with Gasteiger partial charge in [0.25, 0.3) is 0 Å². The zero-order valence-corrected chi connectivity index (χ0v) is 14.9. The lowest BCUT2D eigenvalue weighted by Gasteiger charge is -2.24. The maximum Gasteiger partial charge on any atom is 0.587 e. The molecule has 4 nitrogen and oxygen atoms in total. The van der Waals surface area contributed by atoms with Crippen LogP contribution in [0.25, 0.3) is 32.7 Å². The van der Waals surface area contributed by atoms with Crippen LogP contribution in [0.4, 0.5) is 0 Å². The Bertz CT molecular complexity index is 1220. The summed E-state index contributed by atoms with van der Waals surface area (Å²) >= 11 is 0. The van der Waals surface area contributed by atoms with Gasteiger partial charge in [-0.15, -0.1) is 0 Å². The predicted octanol–water partition coefficient (Wildman–Crippen LogP) is 6.19. The van der Waals surface area contributed by atoms with Crippen LogP contribution < -0.4 is 9.05 Å². The third kappa shape index (κ3) is 2.31. The van der Waals surface area contributed by atoms with Crippen molar-refractivity contribution in [3.8, 4) is 22.6 Å². The Hall–Kier alpha value is -2.81. The second kappa shape index (κ2) is 5.60. The van der Waals surface area contributed by atoms with Crippen molar-refractivity contribution in [1.29, 1.82) is 0 Å². The largest absolute Gasteiger partial charge is 0.587 e. The lowest BCUT2D eigenvalue weighted by atomic mass is 9.93. The second-order valence-electron chi connectivity index (χ2n) is 6.16. The molecule has 0 aromatic heterocycles. The van der Waals surface area contributed by atoms with Crippen LogP contribution in [0.5, 0.6) is 11.5 Å². The van der Waals surface area contributed by atoms with E-state index < -0.39 is 7.82 Å². The number of phosphoric ester groups is 1. The van der Waals surface area contributed by atoms with Gasteiger partial charge < -0.3 is 9.05 Å². The van der Waals surface area contributed by atoms with Gasteiger partial charge in [0.1, 0.15) is 11.5 Å². The molecule has 128 valence electrons. The molecule has 0 spiro atoms. The number of phosphoric acid groups is 1. The van der Waals surface area contributed by atoms with E-state index in [1.165, 1.54) is 7.11 Å². The molecule has 5 rings (SSSR count). The van der Waals surface area contributed by atoms with Gasteiger partial charge in [-0.25, -0.2) is 4.57 Å². The molecular weight excluding hydrogens is 347 g/mol. The molecule has 0 radical (unpaired) electrons. The lowest BCUT2D eigenvalue weighted by Crippen LogP contribution is -2.06. The van der Waals surface area contributed by atoms with Gasteiger partial charge in [0.2, 0.25) is 0 Å². The normalized spacial score (nSPS) is 18.5. The highest BCUT2D eigenvalue weighted by Crippen LogP contribution is 2.55. The first-order valence-electron chi connectivity index (χ1n) is 8.27. The summed E-state index contributed by atoms with van der Waals surface area (Å²) in [5, 5.41) is 4.19. The minimum absolute atomic E-state index is 0.461. The molecule has 0 saturated heterocycles. The molecule has 1 heterocycles. The zero-order chi connectivity index (χ0) is 17.7. The fourth-order valence-electron chi connectivity index (χ4n) is 3.49. The van der Waals surface area contributed by atoms with Crippen molar-refractivity contribution in [2.24, 2.45) is 0 Å². The van der Waals surface area contributed by atoms with E-state index in [1.807, 2.05) is 66.7 Å². The van der Waals surface area contributed by atoms with Crippen molar-refractivity contribution < 1.29 is 18.1 Å². The van der Waals surface area contributed by atoms with Gasteiger partial charge in [0.05, 0.1) is 0 Å². The van der Waals surface area contributed by atoms with Crippen LogP contribution in [0.2, 0.25) is 0 Å². The third-order valence-electron chi connectivity index (χ3n) is 4.65. The maximum atomic E-state index is 12.9. The van der Waals surface area contributed by atoms with E-state index in [2.05, 4.69) is 6.07 Å². The number of fused-ring (bicyclic) bond motifs is 8. The van der Waals surface area contributed by atoms with E-state index in [9.17, 15) is 4.57 Å². The van der Waals surface area contributed by atoms with Crippen LogP contribution >= 0.6 is 7.82 Å². The third-order valence-corrected chi connectivity index (χ3v) is 5.95. The molecule has 5 heteroatoms. The van der Waals surface area contributed by atoms with Crippen LogP contribution in [0, 0.1) is 0 Å². The number of hydrogen-bond donors (Lipinski definition) is 0. The fourth-order valence-corrected chi connectivity index (χ4v) is 4.43. The summed E-state index contributed by atoms with van der Waals surface area (Å²) in [6.07, 6.45) is 0. The summed E-state index contributed by atoms with van der Waals surface area (Å²) in [5.41, 5.74) is 1.87. The maximum absolute atomic E-state index is 12.9. The average Bonchev–Trinajstić information content (AvgIpc) is 2.66.